The molecule has 0 aliphatic heterocycles. The first kappa shape index (κ1) is 9.92. The van der Waals surface area contributed by atoms with E-state index >= 15 is 0 Å². The second-order valence-electron chi connectivity index (χ2n) is 3.04. The zero-order valence-corrected chi connectivity index (χ0v) is 8.48. The third-order valence-electron chi connectivity index (χ3n) is 1.98. The highest BCUT2D eigenvalue weighted by atomic mass is 35.5. The molecule has 2 aromatic heterocycles. The van der Waals surface area contributed by atoms with Crippen LogP contribution in [-0.2, 0) is 11.2 Å². The number of aliphatic carboxylic acids is 1. The highest BCUT2D eigenvalue weighted by Crippen LogP contribution is 2.17. The first-order valence-corrected chi connectivity index (χ1v) is 4.76. The topological polar surface area (TPSA) is 67.5 Å². The SMILES string of the molecule is O=C(O)CCc1nc2cccnn2c1Cl. The zero-order chi connectivity index (χ0) is 10.8. The van der Waals surface area contributed by atoms with Gasteiger partial charge in [0.25, 0.3) is 0 Å². The van der Waals surface area contributed by atoms with Gasteiger partial charge in [-0.15, -0.1) is 0 Å². The summed E-state index contributed by atoms with van der Waals surface area (Å²) >= 11 is 5.99. The summed E-state index contributed by atoms with van der Waals surface area (Å²) in [5, 5.41) is 12.9. The van der Waals surface area contributed by atoms with Gasteiger partial charge in [-0.2, -0.15) is 5.10 Å². The van der Waals surface area contributed by atoms with Crippen LogP contribution >= 0.6 is 11.6 Å². The van der Waals surface area contributed by atoms with E-state index < -0.39 is 5.97 Å². The summed E-state index contributed by atoms with van der Waals surface area (Å²) in [7, 11) is 0. The number of carboxylic acid groups (broad SMARTS) is 1. The molecule has 2 rings (SSSR count). The third-order valence-corrected chi connectivity index (χ3v) is 2.36. The number of hydrogen-bond acceptors (Lipinski definition) is 3. The molecule has 0 spiro atoms. The summed E-state index contributed by atoms with van der Waals surface area (Å²) in [5.41, 5.74) is 1.20. The number of carboxylic acids is 1. The van der Waals surface area contributed by atoms with Crippen LogP contribution in [0.2, 0.25) is 5.15 Å². The average molecular weight is 226 g/mol. The Morgan fingerprint density at radius 2 is 2.40 bits per heavy atom. The highest BCUT2D eigenvalue weighted by molar-refractivity contribution is 6.30. The van der Waals surface area contributed by atoms with Gasteiger partial charge in [0.2, 0.25) is 0 Å². The molecule has 5 nitrogen and oxygen atoms in total. The van der Waals surface area contributed by atoms with Crippen LogP contribution in [0.1, 0.15) is 12.1 Å². The molecule has 78 valence electrons. The van der Waals surface area contributed by atoms with Crippen molar-refractivity contribution < 1.29 is 9.90 Å². The molecule has 0 saturated carbocycles. The Balaban J connectivity index is 2.36. The molecule has 0 aliphatic carbocycles. The van der Waals surface area contributed by atoms with E-state index in [0.29, 0.717) is 22.9 Å². The monoisotopic (exact) mass is 225 g/mol. The maximum absolute atomic E-state index is 10.4. The van der Waals surface area contributed by atoms with Crippen LogP contribution < -0.4 is 0 Å². The number of rotatable bonds is 3. The van der Waals surface area contributed by atoms with Crippen molar-refractivity contribution in [3.05, 3.63) is 29.2 Å². The van der Waals surface area contributed by atoms with Crippen molar-refractivity contribution >= 4 is 23.2 Å². The summed E-state index contributed by atoms with van der Waals surface area (Å²) in [5.74, 6) is -0.865. The molecule has 0 saturated heterocycles. The molecule has 2 aromatic rings. The Morgan fingerprint density at radius 3 is 3.07 bits per heavy atom. The normalized spacial score (nSPS) is 10.7. The van der Waals surface area contributed by atoms with E-state index in [2.05, 4.69) is 10.1 Å². The van der Waals surface area contributed by atoms with E-state index in [4.69, 9.17) is 16.7 Å². The van der Waals surface area contributed by atoms with Gasteiger partial charge in [0.05, 0.1) is 12.1 Å². The third kappa shape index (κ3) is 1.92. The summed E-state index contributed by atoms with van der Waals surface area (Å²) < 4.78 is 1.48. The highest BCUT2D eigenvalue weighted by Gasteiger charge is 2.11. The molecule has 1 N–H and O–H groups in total. The fourth-order valence-electron chi connectivity index (χ4n) is 1.29. The van der Waals surface area contributed by atoms with Crippen molar-refractivity contribution in [2.45, 2.75) is 12.8 Å². The Morgan fingerprint density at radius 1 is 1.60 bits per heavy atom. The van der Waals surface area contributed by atoms with Gasteiger partial charge in [0, 0.05) is 12.6 Å². The molecular formula is C9H8ClN3O2. The van der Waals surface area contributed by atoms with E-state index in [9.17, 15) is 4.79 Å². The average Bonchev–Trinajstić information content (AvgIpc) is 2.54. The lowest BCUT2D eigenvalue weighted by molar-refractivity contribution is -0.136. The number of carbonyl (C=O) groups is 1. The largest absolute Gasteiger partial charge is 0.481 e. The summed E-state index contributed by atoms with van der Waals surface area (Å²) in [6.45, 7) is 0. The first-order chi connectivity index (χ1) is 7.18. The summed E-state index contributed by atoms with van der Waals surface area (Å²) in [6.07, 6.45) is 1.93. The molecular weight excluding hydrogens is 218 g/mol. The molecule has 15 heavy (non-hydrogen) atoms. The first-order valence-electron chi connectivity index (χ1n) is 4.38. The van der Waals surface area contributed by atoms with Gasteiger partial charge in [-0.3, -0.25) is 4.79 Å². The van der Waals surface area contributed by atoms with Crippen LogP contribution in [0, 0.1) is 0 Å². The molecule has 0 atom stereocenters. The minimum Gasteiger partial charge on any atom is -0.481 e. The summed E-state index contributed by atoms with van der Waals surface area (Å²) in [6, 6.07) is 3.52. The number of nitrogens with zero attached hydrogens (tertiary/aromatic N) is 3. The fraction of sp³-hybridized carbons (Fsp3) is 0.222. The summed E-state index contributed by atoms with van der Waals surface area (Å²) in [4.78, 5) is 14.6. The lowest BCUT2D eigenvalue weighted by atomic mass is 10.2. The number of halogens is 1. The van der Waals surface area contributed by atoms with E-state index in [0.717, 1.165) is 0 Å². The van der Waals surface area contributed by atoms with Crippen molar-refractivity contribution in [1.82, 2.24) is 14.6 Å². The van der Waals surface area contributed by atoms with Gasteiger partial charge in [0.1, 0.15) is 0 Å². The molecule has 0 amide bonds. The Labute approximate surface area is 90.3 Å². The number of hydrogen-bond donors (Lipinski definition) is 1. The van der Waals surface area contributed by atoms with E-state index in [1.807, 2.05) is 0 Å². The van der Waals surface area contributed by atoms with E-state index in [1.54, 1.807) is 18.3 Å². The number of fused-ring (bicyclic) bond motifs is 1. The molecule has 0 aliphatic rings. The smallest absolute Gasteiger partial charge is 0.303 e. The maximum Gasteiger partial charge on any atom is 0.303 e. The Hall–Kier alpha value is -1.62. The molecule has 0 aromatic carbocycles. The quantitative estimate of drug-likeness (QED) is 0.858. The Kier molecular flexibility index (Phi) is 2.55. The molecule has 0 unspecified atom stereocenters. The zero-order valence-electron chi connectivity index (χ0n) is 7.72. The fourth-order valence-corrected chi connectivity index (χ4v) is 1.56. The molecule has 2 heterocycles. The molecule has 6 heteroatoms. The molecule has 0 radical (unpaired) electrons. The number of imidazole rings is 1. The van der Waals surface area contributed by atoms with Crippen LogP contribution in [0.15, 0.2) is 18.3 Å². The van der Waals surface area contributed by atoms with Crippen molar-refractivity contribution in [3.8, 4) is 0 Å². The second-order valence-corrected chi connectivity index (χ2v) is 3.39. The van der Waals surface area contributed by atoms with Gasteiger partial charge in [-0.1, -0.05) is 11.6 Å². The molecule has 0 bridgehead atoms. The van der Waals surface area contributed by atoms with Crippen molar-refractivity contribution in [1.29, 1.82) is 0 Å². The standard InChI is InChI=1S/C9H8ClN3O2/c10-9-6(3-4-8(14)15)12-7-2-1-5-11-13(7)9/h1-2,5H,3-4H2,(H,14,15). The van der Waals surface area contributed by atoms with Crippen LogP contribution in [0.4, 0.5) is 0 Å². The lowest BCUT2D eigenvalue weighted by Crippen LogP contribution is -1.98. The van der Waals surface area contributed by atoms with Gasteiger partial charge < -0.3 is 5.11 Å². The van der Waals surface area contributed by atoms with Crippen LogP contribution in [0.25, 0.3) is 5.65 Å². The minimum atomic E-state index is -0.865. The van der Waals surface area contributed by atoms with Gasteiger partial charge in [-0.25, -0.2) is 9.50 Å². The second kappa shape index (κ2) is 3.86. The van der Waals surface area contributed by atoms with Crippen molar-refractivity contribution in [3.63, 3.8) is 0 Å². The van der Waals surface area contributed by atoms with Crippen molar-refractivity contribution in [2.75, 3.05) is 0 Å². The number of aryl methyl sites for hydroxylation is 1. The van der Waals surface area contributed by atoms with Gasteiger partial charge >= 0.3 is 5.97 Å². The lowest BCUT2D eigenvalue weighted by Gasteiger charge is -1.93. The van der Waals surface area contributed by atoms with Crippen LogP contribution in [0.3, 0.4) is 0 Å². The van der Waals surface area contributed by atoms with Gasteiger partial charge in [-0.05, 0) is 12.1 Å². The Bertz CT molecular complexity index is 509. The van der Waals surface area contributed by atoms with Crippen LogP contribution in [-0.4, -0.2) is 25.7 Å². The minimum absolute atomic E-state index is 0.0175. The van der Waals surface area contributed by atoms with Gasteiger partial charge in [0.15, 0.2) is 10.8 Å². The molecule has 0 fully saturated rings. The predicted molar refractivity (Wildman–Crippen MR) is 54.0 cm³/mol. The van der Waals surface area contributed by atoms with Crippen molar-refractivity contribution in [2.24, 2.45) is 0 Å². The maximum atomic E-state index is 10.4. The number of aromatic nitrogens is 3. The van der Waals surface area contributed by atoms with E-state index in [-0.39, 0.29) is 6.42 Å². The van der Waals surface area contributed by atoms with Crippen LogP contribution in [0.5, 0.6) is 0 Å². The predicted octanol–water partition coefficient (Wildman–Crippen LogP) is 1.40. The van der Waals surface area contributed by atoms with E-state index in [1.165, 1.54) is 4.52 Å².